The van der Waals surface area contributed by atoms with E-state index in [0.717, 1.165) is 18.0 Å². The molecule has 6 nitrogen and oxygen atoms in total. The number of methoxy groups -OCH3 is 1. The Morgan fingerprint density at radius 1 is 1.43 bits per heavy atom. The Bertz CT molecular complexity index is 852. The van der Waals surface area contributed by atoms with Gasteiger partial charge in [0.2, 0.25) is 11.2 Å². The van der Waals surface area contributed by atoms with Crippen molar-refractivity contribution in [2.24, 2.45) is 0 Å². The molecular weight excluding hydrogens is 317 g/mol. The largest absolute Gasteiger partial charge is 0.491 e. The molecule has 1 aromatic heterocycles. The van der Waals surface area contributed by atoms with Gasteiger partial charge in [0.25, 0.3) is 6.47 Å². The summed E-state index contributed by atoms with van der Waals surface area (Å²) in [6, 6.07) is 0.119. The zero-order valence-corrected chi connectivity index (χ0v) is 11.8. The Balaban J connectivity index is 2.32. The van der Waals surface area contributed by atoms with Gasteiger partial charge in [0, 0.05) is 6.42 Å². The molecule has 0 aliphatic heterocycles. The Morgan fingerprint density at radius 3 is 2.70 bits per heavy atom. The van der Waals surface area contributed by atoms with Gasteiger partial charge in [-0.15, -0.1) is 0 Å². The van der Waals surface area contributed by atoms with Crippen LogP contribution < -0.4 is 20.3 Å². The summed E-state index contributed by atoms with van der Waals surface area (Å²) in [6.07, 6.45) is 0.184. The van der Waals surface area contributed by atoms with E-state index in [4.69, 9.17) is 4.74 Å². The number of alkyl halides is 1. The first-order valence-corrected chi connectivity index (χ1v) is 6.60. The number of nitrogens with zero attached hydrogens (tertiary/aromatic N) is 1. The summed E-state index contributed by atoms with van der Waals surface area (Å²) in [6.45, 7) is 0.0269. The summed E-state index contributed by atoms with van der Waals surface area (Å²) in [7, 11) is 1.11. The molecule has 0 bridgehead atoms. The van der Waals surface area contributed by atoms with Crippen molar-refractivity contribution in [1.82, 2.24) is 4.68 Å². The molecule has 0 unspecified atom stereocenters. The van der Waals surface area contributed by atoms with Crippen LogP contribution in [0.15, 0.2) is 17.1 Å². The summed E-state index contributed by atoms with van der Waals surface area (Å²) in [5.41, 5.74) is 1.75. The molecule has 122 valence electrons. The van der Waals surface area contributed by atoms with Crippen LogP contribution in [0.4, 0.5) is 13.2 Å². The number of fused-ring (bicyclic) bond motifs is 1. The first kappa shape index (κ1) is 15.2. The highest BCUT2D eigenvalue weighted by Crippen LogP contribution is 2.32. The van der Waals surface area contributed by atoms with Crippen LogP contribution in [0.5, 0.6) is 11.5 Å². The molecule has 1 saturated carbocycles. The van der Waals surface area contributed by atoms with Gasteiger partial charge in [0.15, 0.2) is 17.3 Å². The van der Waals surface area contributed by atoms with Crippen LogP contribution in [0.1, 0.15) is 6.42 Å². The molecule has 1 fully saturated rings. The highest BCUT2D eigenvalue weighted by atomic mass is 19.2. The minimum Gasteiger partial charge on any atom is -0.491 e. The van der Waals surface area contributed by atoms with Crippen molar-refractivity contribution < 1.29 is 27.4 Å². The van der Waals surface area contributed by atoms with Crippen LogP contribution in [0, 0.1) is 11.6 Å². The van der Waals surface area contributed by atoms with Crippen molar-refractivity contribution in [3.63, 3.8) is 0 Å². The Morgan fingerprint density at radius 2 is 2.13 bits per heavy atom. The maximum Gasteiger partial charge on any atom is 0.298 e. The van der Waals surface area contributed by atoms with Crippen molar-refractivity contribution >= 4 is 17.4 Å². The van der Waals surface area contributed by atoms with E-state index in [1.54, 1.807) is 0 Å². The van der Waals surface area contributed by atoms with Crippen LogP contribution in [-0.4, -0.2) is 30.5 Å². The number of halogens is 3. The number of pyridine rings is 1. The van der Waals surface area contributed by atoms with E-state index in [1.165, 1.54) is 0 Å². The van der Waals surface area contributed by atoms with E-state index >= 15 is 0 Å². The minimum atomic E-state index is -1.30. The fourth-order valence-electron chi connectivity index (χ4n) is 2.28. The number of hydrogen-bond acceptors (Lipinski definition) is 5. The predicted molar refractivity (Wildman–Crippen MR) is 74.0 cm³/mol. The number of benzene rings is 1. The molecule has 23 heavy (non-hydrogen) atoms. The Hall–Kier alpha value is -2.71. The van der Waals surface area contributed by atoms with Crippen LogP contribution in [0.3, 0.4) is 0 Å². The van der Waals surface area contributed by atoms with Gasteiger partial charge >= 0.3 is 0 Å². The standard InChI is InChI=1S/C14H11F3N2O4/c1-22-14-11(17)8(16)2-6-12(14)19(18-9-3-7(9)15)4-10(13(6)21)23-5-20/h2,4-5,7,9,18H,3H2,1H3/t7-,9+/m0/s1. The molecule has 1 aromatic carbocycles. The first-order valence-electron chi connectivity index (χ1n) is 6.60. The van der Waals surface area contributed by atoms with Gasteiger partial charge in [0.1, 0.15) is 11.7 Å². The number of carbonyl (C=O) groups is 1. The van der Waals surface area contributed by atoms with Crippen molar-refractivity contribution in [1.29, 1.82) is 0 Å². The van der Waals surface area contributed by atoms with Gasteiger partial charge in [-0.3, -0.25) is 14.3 Å². The van der Waals surface area contributed by atoms with Gasteiger partial charge in [-0.2, -0.15) is 4.39 Å². The lowest BCUT2D eigenvalue weighted by Crippen LogP contribution is -2.23. The average Bonchev–Trinajstić information content (AvgIpc) is 3.21. The van der Waals surface area contributed by atoms with Gasteiger partial charge in [-0.1, -0.05) is 0 Å². The zero-order chi connectivity index (χ0) is 16.7. The average molecular weight is 328 g/mol. The topological polar surface area (TPSA) is 69.6 Å². The van der Waals surface area contributed by atoms with Crippen molar-refractivity contribution in [3.8, 4) is 11.5 Å². The molecular formula is C14H11F3N2O4. The lowest BCUT2D eigenvalue weighted by Gasteiger charge is -2.17. The summed E-state index contributed by atoms with van der Waals surface area (Å²) < 4.78 is 51.2. The minimum absolute atomic E-state index is 0.0269. The van der Waals surface area contributed by atoms with Crippen molar-refractivity contribution in [2.45, 2.75) is 18.6 Å². The van der Waals surface area contributed by atoms with Crippen molar-refractivity contribution in [2.75, 3.05) is 12.5 Å². The van der Waals surface area contributed by atoms with Gasteiger partial charge in [0.05, 0.1) is 24.7 Å². The van der Waals surface area contributed by atoms with E-state index in [-0.39, 0.29) is 23.8 Å². The number of ether oxygens (including phenoxy) is 2. The fraction of sp³-hybridized carbons (Fsp3) is 0.286. The molecule has 1 N–H and O–H groups in total. The molecule has 9 heteroatoms. The van der Waals surface area contributed by atoms with Gasteiger partial charge < -0.3 is 14.9 Å². The Labute approximate surface area is 127 Å². The van der Waals surface area contributed by atoms with Gasteiger partial charge in [-0.05, 0) is 6.07 Å². The lowest BCUT2D eigenvalue weighted by atomic mass is 10.1. The molecule has 0 radical (unpaired) electrons. The van der Waals surface area contributed by atoms with Gasteiger partial charge in [-0.25, -0.2) is 8.78 Å². The summed E-state index contributed by atoms with van der Waals surface area (Å²) in [5.74, 6) is -3.51. The highest BCUT2D eigenvalue weighted by Gasteiger charge is 2.38. The zero-order valence-electron chi connectivity index (χ0n) is 11.8. The third-order valence-corrected chi connectivity index (χ3v) is 3.50. The Kier molecular flexibility index (Phi) is 3.63. The van der Waals surface area contributed by atoms with Crippen LogP contribution in [0.25, 0.3) is 10.9 Å². The van der Waals surface area contributed by atoms with Crippen LogP contribution >= 0.6 is 0 Å². The lowest BCUT2D eigenvalue weighted by molar-refractivity contribution is -0.120. The number of hydrogen-bond donors (Lipinski definition) is 1. The number of rotatable bonds is 5. The molecule has 2 atom stereocenters. The van der Waals surface area contributed by atoms with Crippen LogP contribution in [-0.2, 0) is 4.79 Å². The van der Waals surface area contributed by atoms with E-state index in [2.05, 4.69) is 10.2 Å². The summed E-state index contributed by atoms with van der Waals surface area (Å²) in [5, 5.41) is -0.274. The monoisotopic (exact) mass is 328 g/mol. The second-order valence-electron chi connectivity index (χ2n) is 5.00. The highest BCUT2D eigenvalue weighted by molar-refractivity contribution is 5.87. The molecule has 1 aliphatic rings. The normalized spacial score (nSPS) is 19.5. The maximum absolute atomic E-state index is 13.9. The number of carbonyl (C=O) groups excluding carboxylic acids is 1. The molecule has 0 saturated heterocycles. The molecule has 1 aliphatic carbocycles. The molecule has 2 aromatic rings. The SMILES string of the molecule is COc1c(F)c(F)cc2c(=O)c(OC=O)cn(N[C@@H]3C[C@@H]3F)c12. The quantitative estimate of drug-likeness (QED) is 0.842. The predicted octanol–water partition coefficient (Wildman–Crippen LogP) is 1.48. The molecule has 0 spiro atoms. The van der Waals surface area contributed by atoms with E-state index in [9.17, 15) is 22.8 Å². The first-order chi connectivity index (χ1) is 11.0. The summed E-state index contributed by atoms with van der Waals surface area (Å²) >= 11 is 0. The van der Waals surface area contributed by atoms with E-state index in [0.29, 0.717) is 6.07 Å². The number of aromatic nitrogens is 1. The maximum atomic E-state index is 13.9. The molecule has 1 heterocycles. The molecule has 3 rings (SSSR count). The van der Waals surface area contributed by atoms with E-state index in [1.807, 2.05) is 0 Å². The number of nitrogens with one attached hydrogen (secondary N) is 1. The summed E-state index contributed by atoms with van der Waals surface area (Å²) in [4.78, 5) is 22.7. The second kappa shape index (κ2) is 5.49. The smallest absolute Gasteiger partial charge is 0.298 e. The van der Waals surface area contributed by atoms with E-state index < -0.39 is 40.8 Å². The van der Waals surface area contributed by atoms with Crippen molar-refractivity contribution in [3.05, 3.63) is 34.1 Å². The fourth-order valence-corrected chi connectivity index (χ4v) is 2.28. The molecule has 0 amide bonds. The van der Waals surface area contributed by atoms with Crippen LogP contribution in [0.2, 0.25) is 0 Å². The second-order valence-corrected chi connectivity index (χ2v) is 5.00. The third kappa shape index (κ3) is 2.47. The third-order valence-electron chi connectivity index (χ3n) is 3.50.